The third-order valence-corrected chi connectivity index (χ3v) is 4.89. The van der Waals surface area contributed by atoms with Crippen molar-refractivity contribution in [2.24, 2.45) is 0 Å². The number of Topliss-reactive ketones (excluding diaryl/α,β-unsaturated/α-hetero) is 1. The van der Waals surface area contributed by atoms with Gasteiger partial charge in [0.1, 0.15) is 5.01 Å². The Morgan fingerprint density at radius 3 is 2.77 bits per heavy atom. The molecule has 0 spiro atoms. The van der Waals surface area contributed by atoms with Crippen LogP contribution in [0.1, 0.15) is 33.5 Å². The smallest absolute Gasteiger partial charge is 0.161 e. The maximum atomic E-state index is 11.7. The van der Waals surface area contributed by atoms with Crippen LogP contribution in [-0.4, -0.2) is 47.0 Å². The molecule has 1 fully saturated rings. The van der Waals surface area contributed by atoms with E-state index in [4.69, 9.17) is 9.72 Å². The lowest BCUT2D eigenvalue weighted by Gasteiger charge is -2.25. The molecule has 2 aromatic heterocycles. The van der Waals surface area contributed by atoms with Crippen molar-refractivity contribution in [2.45, 2.75) is 27.3 Å². The quantitative estimate of drug-likeness (QED) is 0.881. The number of rotatable bonds is 4. The van der Waals surface area contributed by atoms with Crippen LogP contribution in [0.2, 0.25) is 0 Å². The molecule has 0 saturated carbocycles. The van der Waals surface area contributed by atoms with Gasteiger partial charge in [0.25, 0.3) is 0 Å². The summed E-state index contributed by atoms with van der Waals surface area (Å²) in [5.74, 6) is 0.0984. The van der Waals surface area contributed by atoms with Crippen LogP contribution >= 0.6 is 11.3 Å². The van der Waals surface area contributed by atoms with Gasteiger partial charge in [0.05, 0.1) is 31.1 Å². The molecule has 22 heavy (non-hydrogen) atoms. The van der Waals surface area contributed by atoms with E-state index in [0.717, 1.165) is 66.1 Å². The van der Waals surface area contributed by atoms with Gasteiger partial charge in [-0.1, -0.05) is 0 Å². The van der Waals surface area contributed by atoms with Crippen LogP contribution in [-0.2, 0) is 11.3 Å². The van der Waals surface area contributed by atoms with E-state index in [-0.39, 0.29) is 5.78 Å². The summed E-state index contributed by atoms with van der Waals surface area (Å²) in [6.45, 7) is 9.92. The predicted molar refractivity (Wildman–Crippen MR) is 87.5 cm³/mol. The lowest BCUT2D eigenvalue weighted by atomic mass is 10.1. The second kappa shape index (κ2) is 6.32. The van der Waals surface area contributed by atoms with Gasteiger partial charge >= 0.3 is 0 Å². The van der Waals surface area contributed by atoms with Crippen LogP contribution in [0.4, 0.5) is 0 Å². The van der Waals surface area contributed by atoms with Crippen LogP contribution in [0, 0.1) is 13.8 Å². The highest BCUT2D eigenvalue weighted by molar-refractivity contribution is 7.09. The maximum absolute atomic E-state index is 11.7. The minimum absolute atomic E-state index is 0.0984. The topological polar surface area (TPSA) is 58.2 Å². The molecule has 1 aliphatic rings. The highest BCUT2D eigenvalue weighted by atomic mass is 32.1. The van der Waals surface area contributed by atoms with Crippen molar-refractivity contribution in [3.63, 3.8) is 0 Å². The molecule has 6 heteroatoms. The largest absolute Gasteiger partial charge is 0.379 e. The van der Waals surface area contributed by atoms with Crippen LogP contribution in [0.5, 0.6) is 0 Å². The van der Waals surface area contributed by atoms with Crippen molar-refractivity contribution >= 4 is 17.1 Å². The van der Waals surface area contributed by atoms with Gasteiger partial charge in [-0.05, 0) is 26.3 Å². The number of aromatic amines is 1. The number of thiazole rings is 1. The Morgan fingerprint density at radius 2 is 2.14 bits per heavy atom. The van der Waals surface area contributed by atoms with E-state index in [1.807, 2.05) is 13.8 Å². The number of aromatic nitrogens is 2. The lowest BCUT2D eigenvalue weighted by molar-refractivity contribution is 0.0342. The molecule has 0 unspecified atom stereocenters. The van der Waals surface area contributed by atoms with E-state index in [1.165, 1.54) is 0 Å². The standard InChI is InChI=1S/C16H21N3O2S/c1-10-15(12(3)20)11(2)17-16(10)13-9-22-14(18-13)8-19-4-6-21-7-5-19/h9,17H,4-8H2,1-3H3. The highest BCUT2D eigenvalue weighted by Crippen LogP contribution is 2.29. The number of nitrogens with one attached hydrogen (secondary N) is 1. The van der Waals surface area contributed by atoms with E-state index in [9.17, 15) is 4.79 Å². The third-order valence-electron chi connectivity index (χ3n) is 4.06. The fourth-order valence-electron chi connectivity index (χ4n) is 2.98. The molecule has 118 valence electrons. The van der Waals surface area contributed by atoms with Gasteiger partial charge in [0.15, 0.2) is 5.78 Å². The highest BCUT2D eigenvalue weighted by Gasteiger charge is 2.19. The Morgan fingerprint density at radius 1 is 1.41 bits per heavy atom. The number of hydrogen-bond donors (Lipinski definition) is 1. The zero-order valence-electron chi connectivity index (χ0n) is 13.2. The molecule has 0 atom stereocenters. The number of ether oxygens (including phenoxy) is 1. The first kappa shape index (κ1) is 15.4. The fourth-order valence-corrected chi connectivity index (χ4v) is 3.81. The summed E-state index contributed by atoms with van der Waals surface area (Å²) in [6.07, 6.45) is 0. The number of carbonyl (C=O) groups excluding carboxylic acids is 1. The molecular formula is C16H21N3O2S. The second-order valence-electron chi connectivity index (χ2n) is 5.70. The zero-order chi connectivity index (χ0) is 15.7. The van der Waals surface area contributed by atoms with Crippen LogP contribution in [0.15, 0.2) is 5.38 Å². The number of aryl methyl sites for hydroxylation is 1. The zero-order valence-corrected chi connectivity index (χ0v) is 14.0. The van der Waals surface area contributed by atoms with E-state index in [0.29, 0.717) is 0 Å². The van der Waals surface area contributed by atoms with Crippen molar-refractivity contribution in [3.05, 3.63) is 27.2 Å². The molecule has 2 aromatic rings. The average molecular weight is 319 g/mol. The Bertz CT molecular complexity index is 684. The van der Waals surface area contributed by atoms with Gasteiger partial charge in [0.2, 0.25) is 0 Å². The van der Waals surface area contributed by atoms with Crippen molar-refractivity contribution in [3.8, 4) is 11.4 Å². The van der Waals surface area contributed by atoms with Crippen molar-refractivity contribution in [1.29, 1.82) is 0 Å². The number of morpholine rings is 1. The second-order valence-corrected chi connectivity index (χ2v) is 6.64. The number of H-pyrrole nitrogens is 1. The van der Waals surface area contributed by atoms with Gasteiger partial charge in [-0.2, -0.15) is 0 Å². The molecule has 1 saturated heterocycles. The summed E-state index contributed by atoms with van der Waals surface area (Å²) < 4.78 is 5.37. The normalized spacial score (nSPS) is 16.1. The summed E-state index contributed by atoms with van der Waals surface area (Å²) in [7, 11) is 0. The summed E-state index contributed by atoms with van der Waals surface area (Å²) in [4.78, 5) is 22.2. The number of hydrogen-bond acceptors (Lipinski definition) is 5. The number of nitrogens with zero attached hydrogens (tertiary/aromatic N) is 2. The summed E-state index contributed by atoms with van der Waals surface area (Å²) in [6, 6.07) is 0. The van der Waals surface area contributed by atoms with Gasteiger partial charge in [-0.3, -0.25) is 9.69 Å². The lowest BCUT2D eigenvalue weighted by Crippen LogP contribution is -2.35. The van der Waals surface area contributed by atoms with Gasteiger partial charge < -0.3 is 9.72 Å². The molecule has 3 rings (SSSR count). The molecule has 3 heterocycles. The Labute approximate surface area is 134 Å². The molecule has 0 radical (unpaired) electrons. The number of carbonyl (C=O) groups is 1. The van der Waals surface area contributed by atoms with E-state index < -0.39 is 0 Å². The van der Waals surface area contributed by atoms with E-state index in [1.54, 1.807) is 18.3 Å². The van der Waals surface area contributed by atoms with Crippen LogP contribution in [0.3, 0.4) is 0 Å². The van der Waals surface area contributed by atoms with Gasteiger partial charge in [-0.15, -0.1) is 11.3 Å². The molecule has 0 aliphatic carbocycles. The fraction of sp³-hybridized carbons (Fsp3) is 0.500. The third kappa shape index (κ3) is 2.99. The Balaban J connectivity index is 1.81. The predicted octanol–water partition coefficient (Wildman–Crippen LogP) is 2.79. The van der Waals surface area contributed by atoms with Crippen molar-refractivity contribution < 1.29 is 9.53 Å². The Hall–Kier alpha value is -1.50. The summed E-state index contributed by atoms with van der Waals surface area (Å²) in [5.41, 5.74) is 4.60. The monoisotopic (exact) mass is 319 g/mol. The van der Waals surface area contributed by atoms with Gasteiger partial charge in [0, 0.05) is 29.7 Å². The van der Waals surface area contributed by atoms with Crippen LogP contribution in [0.25, 0.3) is 11.4 Å². The average Bonchev–Trinajstić information content (AvgIpc) is 3.04. The minimum atomic E-state index is 0.0984. The maximum Gasteiger partial charge on any atom is 0.161 e. The first-order valence-corrected chi connectivity index (χ1v) is 8.39. The molecular weight excluding hydrogens is 298 g/mol. The van der Waals surface area contributed by atoms with Crippen molar-refractivity contribution in [1.82, 2.24) is 14.9 Å². The molecule has 0 bridgehead atoms. The summed E-state index contributed by atoms with van der Waals surface area (Å²) in [5, 5.41) is 3.17. The number of ketones is 1. The van der Waals surface area contributed by atoms with Gasteiger partial charge in [-0.25, -0.2) is 4.98 Å². The molecule has 1 aliphatic heterocycles. The molecule has 0 aromatic carbocycles. The summed E-state index contributed by atoms with van der Waals surface area (Å²) >= 11 is 1.67. The molecule has 5 nitrogen and oxygen atoms in total. The SMILES string of the molecule is CC(=O)c1c(C)[nH]c(-c2csc(CN3CCOCC3)n2)c1C. The molecule has 0 amide bonds. The van der Waals surface area contributed by atoms with E-state index in [2.05, 4.69) is 15.3 Å². The first-order chi connectivity index (χ1) is 10.6. The first-order valence-electron chi connectivity index (χ1n) is 7.51. The minimum Gasteiger partial charge on any atom is -0.379 e. The molecule has 1 N–H and O–H groups in total. The van der Waals surface area contributed by atoms with Crippen molar-refractivity contribution in [2.75, 3.05) is 26.3 Å². The van der Waals surface area contributed by atoms with E-state index >= 15 is 0 Å². The Kier molecular flexibility index (Phi) is 4.42. The van der Waals surface area contributed by atoms with Crippen LogP contribution < -0.4 is 0 Å².